The van der Waals surface area contributed by atoms with E-state index in [1.54, 1.807) is 7.11 Å². The van der Waals surface area contributed by atoms with Crippen LogP contribution in [0, 0.1) is 28.4 Å². The number of hydrogen-bond acceptors (Lipinski definition) is 3. The number of rotatable bonds is 6. The smallest absolute Gasteiger partial charge is 0.337 e. The van der Waals surface area contributed by atoms with Gasteiger partial charge in [0.05, 0.1) is 7.11 Å². The Morgan fingerprint density at radius 1 is 1.00 bits per heavy atom. The van der Waals surface area contributed by atoms with Crippen LogP contribution in [0.1, 0.15) is 105 Å². The molecule has 236 valence electrons. The minimum atomic E-state index is -3.54. The summed E-state index contributed by atoms with van der Waals surface area (Å²) >= 11 is 0. The fourth-order valence-corrected chi connectivity index (χ4v) is 13.8. The van der Waals surface area contributed by atoms with Gasteiger partial charge in [-0.25, -0.2) is 0 Å². The quantitative estimate of drug-likeness (QED) is 0.326. The van der Waals surface area contributed by atoms with Crippen molar-refractivity contribution < 1.29 is 23.4 Å². The van der Waals surface area contributed by atoms with Crippen LogP contribution in [0.4, 0.5) is 8.78 Å². The molecule has 4 aliphatic carbocycles. The molecule has 2 saturated carbocycles. The van der Waals surface area contributed by atoms with Crippen molar-refractivity contribution in [2.45, 2.75) is 127 Å². The molecule has 0 aromatic heterocycles. The van der Waals surface area contributed by atoms with E-state index in [0.717, 1.165) is 29.7 Å². The van der Waals surface area contributed by atoms with Crippen LogP contribution in [0.5, 0.6) is 5.75 Å². The maximum Gasteiger partial charge on any atom is 0.337 e. The summed E-state index contributed by atoms with van der Waals surface area (Å²) in [6.45, 7) is 14.5. The number of aliphatic hydroxyl groups is 1. The number of hydrogen-bond donors (Lipinski definition) is 1. The maximum absolute atomic E-state index is 16.7. The molecule has 0 bridgehead atoms. The predicted octanol–water partition coefficient (Wildman–Crippen LogP) is 8.95. The van der Waals surface area contributed by atoms with E-state index >= 15 is 8.78 Å². The van der Waals surface area contributed by atoms with Crippen molar-refractivity contribution in [2.24, 2.45) is 17.3 Å². The molecular weight excluding hydrogens is 562 g/mol. The summed E-state index contributed by atoms with van der Waals surface area (Å²) in [5.74, 6) is -0.213. The van der Waals surface area contributed by atoms with Crippen molar-refractivity contribution in [3.8, 4) is 16.9 Å². The van der Waals surface area contributed by atoms with E-state index in [0.29, 0.717) is 25.7 Å². The fraction of sp³-hybridized carbons (Fsp3) is 0.649. The third kappa shape index (κ3) is 4.92. The van der Waals surface area contributed by atoms with Crippen LogP contribution in [-0.4, -0.2) is 45.3 Å². The van der Waals surface area contributed by atoms with E-state index in [1.807, 2.05) is 37.3 Å². The SMILES string of the molecule is COc1ccc(C2C[C@@]3(C)C(CC[C@@]3(O)C(F)(F)C#CS(C(C)C)(C(C)C)C(C)C)C3CCC4=CC(=O)CCC4=C23)cc1. The molecule has 1 aromatic carbocycles. The van der Waals surface area contributed by atoms with Crippen LogP contribution < -0.4 is 4.74 Å². The van der Waals surface area contributed by atoms with Gasteiger partial charge in [-0.3, -0.25) is 4.79 Å². The van der Waals surface area contributed by atoms with Crippen molar-refractivity contribution in [3.63, 3.8) is 0 Å². The van der Waals surface area contributed by atoms with Gasteiger partial charge in [0.2, 0.25) is 0 Å². The zero-order valence-corrected chi connectivity index (χ0v) is 28.0. The van der Waals surface area contributed by atoms with Gasteiger partial charge in [0, 0.05) is 17.8 Å². The zero-order valence-electron chi connectivity index (χ0n) is 27.2. The Hall–Kier alpha value is -2.10. The Bertz CT molecular complexity index is 1360. The highest BCUT2D eigenvalue weighted by Crippen LogP contribution is 2.69. The van der Waals surface area contributed by atoms with E-state index in [9.17, 15) is 9.90 Å². The molecular formula is C37H50F2O3S. The molecule has 2 fully saturated rings. The molecule has 3 unspecified atom stereocenters. The molecule has 1 aromatic rings. The number of halogens is 2. The minimum Gasteiger partial charge on any atom is -0.497 e. The van der Waals surface area contributed by atoms with Crippen LogP contribution in [-0.2, 0) is 4.79 Å². The van der Waals surface area contributed by atoms with E-state index < -0.39 is 27.0 Å². The van der Waals surface area contributed by atoms with E-state index in [1.165, 1.54) is 11.1 Å². The molecule has 0 aliphatic heterocycles. The largest absolute Gasteiger partial charge is 0.497 e. The van der Waals surface area contributed by atoms with Gasteiger partial charge in [-0.05, 0) is 112 Å². The van der Waals surface area contributed by atoms with Crippen molar-refractivity contribution in [2.75, 3.05) is 7.11 Å². The standard InChI is InChI=1S/C37H50F2O3S/c1-23(2)43(24(3)4,25(5)6)20-19-37(38,39)36(41)18-17-33-31-15-11-27-21-28(40)12-16-30(27)34(31)32(22-35(33,36)7)26-9-13-29(42-8)14-10-26/h9-10,13-14,21,23-25,31-33,41H,11-12,15-18,22H2,1-8H3/t31?,32?,33?,35-,36-/m0/s1. The molecule has 0 spiro atoms. The van der Waals surface area contributed by atoms with Gasteiger partial charge in [0.25, 0.3) is 0 Å². The number of carbonyl (C=O) groups is 1. The number of carbonyl (C=O) groups excluding carboxylic acids is 1. The Morgan fingerprint density at radius 3 is 2.21 bits per heavy atom. The minimum absolute atomic E-state index is 0.0405. The molecule has 5 rings (SSSR count). The normalized spacial score (nSPS) is 31.3. The fourth-order valence-electron chi connectivity index (χ4n) is 9.56. The van der Waals surface area contributed by atoms with Gasteiger partial charge in [-0.2, -0.15) is 18.8 Å². The topological polar surface area (TPSA) is 46.5 Å². The number of benzene rings is 1. The van der Waals surface area contributed by atoms with E-state index in [2.05, 4.69) is 52.7 Å². The third-order valence-corrected chi connectivity index (χ3v) is 16.8. The number of ketones is 1. The summed E-state index contributed by atoms with van der Waals surface area (Å²) in [6.07, 6.45) is 5.65. The summed E-state index contributed by atoms with van der Waals surface area (Å²) in [5.41, 5.74) is 1.51. The Morgan fingerprint density at radius 2 is 1.63 bits per heavy atom. The second-order valence-electron chi connectivity index (χ2n) is 14.4. The highest BCUT2D eigenvalue weighted by molar-refractivity contribution is 8.38. The van der Waals surface area contributed by atoms with Crippen molar-refractivity contribution in [3.05, 3.63) is 52.6 Å². The van der Waals surface area contributed by atoms with Gasteiger partial charge in [-0.1, -0.05) is 66.2 Å². The lowest BCUT2D eigenvalue weighted by Crippen LogP contribution is -2.60. The summed E-state index contributed by atoms with van der Waals surface area (Å²) < 4.78 is 38.9. The Balaban J connectivity index is 1.64. The second kappa shape index (κ2) is 11.4. The number of ether oxygens (including phenoxy) is 1. The van der Waals surface area contributed by atoms with Gasteiger partial charge in [0.15, 0.2) is 5.78 Å². The molecule has 0 radical (unpaired) electrons. The van der Waals surface area contributed by atoms with E-state index in [-0.39, 0.29) is 45.7 Å². The average molecular weight is 613 g/mol. The highest BCUT2D eigenvalue weighted by Gasteiger charge is 2.71. The first-order valence-electron chi connectivity index (χ1n) is 16.2. The van der Waals surface area contributed by atoms with Crippen molar-refractivity contribution in [1.82, 2.24) is 0 Å². The number of alkyl halides is 2. The molecule has 0 heterocycles. The van der Waals surface area contributed by atoms with Crippen LogP contribution >= 0.6 is 10.0 Å². The van der Waals surface area contributed by atoms with Gasteiger partial charge in [0.1, 0.15) is 11.4 Å². The maximum atomic E-state index is 16.7. The first-order chi connectivity index (χ1) is 20.1. The third-order valence-electron chi connectivity index (χ3n) is 11.6. The molecule has 4 aliphatic rings. The summed E-state index contributed by atoms with van der Waals surface area (Å²) in [5, 5.41) is 16.1. The van der Waals surface area contributed by atoms with Crippen LogP contribution in [0.3, 0.4) is 0 Å². The summed E-state index contributed by atoms with van der Waals surface area (Å²) in [6, 6.07) is 7.95. The lowest BCUT2D eigenvalue weighted by molar-refractivity contribution is -0.209. The molecule has 5 atom stereocenters. The molecule has 6 heteroatoms. The number of fused-ring (bicyclic) bond motifs is 4. The summed E-state index contributed by atoms with van der Waals surface area (Å²) in [7, 11) is -0.0534. The lowest BCUT2D eigenvalue weighted by atomic mass is 9.50. The van der Waals surface area contributed by atoms with Gasteiger partial charge >= 0.3 is 5.92 Å². The second-order valence-corrected chi connectivity index (χ2v) is 18.9. The molecule has 1 N–H and O–H groups in total. The molecule has 43 heavy (non-hydrogen) atoms. The predicted molar refractivity (Wildman–Crippen MR) is 174 cm³/mol. The van der Waals surface area contributed by atoms with Crippen LogP contribution in [0.2, 0.25) is 0 Å². The van der Waals surface area contributed by atoms with Crippen molar-refractivity contribution >= 4 is 15.8 Å². The molecule has 0 saturated heterocycles. The lowest BCUT2D eigenvalue weighted by Gasteiger charge is -2.55. The number of methoxy groups -OCH3 is 1. The number of allylic oxidation sites excluding steroid dienone is 4. The Kier molecular flexibility index (Phi) is 8.53. The monoisotopic (exact) mass is 612 g/mol. The summed E-state index contributed by atoms with van der Waals surface area (Å²) in [4.78, 5) is 12.3. The zero-order chi connectivity index (χ0) is 31.5. The van der Waals surface area contributed by atoms with Gasteiger partial charge in [-0.15, -0.1) is 0 Å². The van der Waals surface area contributed by atoms with E-state index in [4.69, 9.17) is 4.74 Å². The van der Waals surface area contributed by atoms with Crippen LogP contribution in [0.25, 0.3) is 0 Å². The Labute approximate surface area is 259 Å². The average Bonchev–Trinajstić information content (AvgIpc) is 3.23. The molecule has 3 nitrogen and oxygen atoms in total. The van der Waals surface area contributed by atoms with Crippen LogP contribution in [0.15, 0.2) is 47.1 Å². The highest BCUT2D eigenvalue weighted by atomic mass is 32.3. The molecule has 0 amide bonds. The first kappa shape index (κ1) is 32.3. The van der Waals surface area contributed by atoms with Crippen molar-refractivity contribution in [1.29, 1.82) is 0 Å². The first-order valence-corrected chi connectivity index (χ1v) is 18.0. The van der Waals surface area contributed by atoms with Gasteiger partial charge < -0.3 is 9.84 Å².